The molecule has 0 amide bonds. The highest BCUT2D eigenvalue weighted by Gasteiger charge is 2.30. The van der Waals surface area contributed by atoms with Crippen molar-refractivity contribution in [3.63, 3.8) is 0 Å². The van der Waals surface area contributed by atoms with Gasteiger partial charge in [0.25, 0.3) is 0 Å². The van der Waals surface area contributed by atoms with Gasteiger partial charge in [0.05, 0.1) is 11.1 Å². The van der Waals surface area contributed by atoms with Gasteiger partial charge in [0, 0.05) is 29.3 Å². The van der Waals surface area contributed by atoms with Crippen LogP contribution in [0.2, 0.25) is 5.02 Å². The molecule has 2 atom stereocenters. The Morgan fingerprint density at radius 1 is 1.59 bits per heavy atom. The summed E-state index contributed by atoms with van der Waals surface area (Å²) in [6.45, 7) is 7.45. The summed E-state index contributed by atoms with van der Waals surface area (Å²) in [6, 6.07) is 2.04. The second kappa shape index (κ2) is 6.19. The predicted octanol–water partition coefficient (Wildman–Crippen LogP) is 3.72. The van der Waals surface area contributed by atoms with Crippen LogP contribution in [0.25, 0.3) is 0 Å². The van der Waals surface area contributed by atoms with E-state index in [1.54, 1.807) is 11.3 Å². The maximum absolute atomic E-state index is 5.97. The van der Waals surface area contributed by atoms with Gasteiger partial charge < -0.3 is 10.1 Å². The zero-order valence-electron chi connectivity index (χ0n) is 10.4. The van der Waals surface area contributed by atoms with E-state index < -0.39 is 0 Å². The highest BCUT2D eigenvalue weighted by Crippen LogP contribution is 2.38. The Kier molecular flexibility index (Phi) is 4.86. The molecule has 2 rings (SSSR count). The summed E-state index contributed by atoms with van der Waals surface area (Å²) < 4.78 is 5.83. The Morgan fingerprint density at radius 3 is 3.06 bits per heavy atom. The molecule has 1 N–H and O–H groups in total. The molecule has 1 aliphatic rings. The van der Waals surface area contributed by atoms with E-state index in [9.17, 15) is 0 Å². The van der Waals surface area contributed by atoms with Crippen LogP contribution in [0.1, 0.15) is 31.2 Å². The molecule has 2 heterocycles. The van der Waals surface area contributed by atoms with Crippen molar-refractivity contribution in [1.29, 1.82) is 0 Å². The number of hydrogen-bond donors (Lipinski definition) is 1. The molecule has 0 spiro atoms. The summed E-state index contributed by atoms with van der Waals surface area (Å²) in [4.78, 5) is 1.27. The molecule has 96 valence electrons. The number of ether oxygens (including phenoxy) is 1. The zero-order chi connectivity index (χ0) is 12.3. The van der Waals surface area contributed by atoms with Crippen LogP contribution in [0.3, 0.4) is 0 Å². The monoisotopic (exact) mass is 273 g/mol. The van der Waals surface area contributed by atoms with Crippen molar-refractivity contribution in [2.75, 3.05) is 19.7 Å². The lowest BCUT2D eigenvalue weighted by Crippen LogP contribution is -2.27. The Labute approximate surface area is 112 Å². The first-order chi connectivity index (χ1) is 8.16. The molecule has 0 aromatic carbocycles. The minimum Gasteiger partial charge on any atom is -0.372 e. The summed E-state index contributed by atoms with van der Waals surface area (Å²) in [5, 5.41) is 6.34. The van der Waals surface area contributed by atoms with Crippen molar-refractivity contribution < 1.29 is 4.74 Å². The molecule has 17 heavy (non-hydrogen) atoms. The molecule has 1 aromatic rings. The highest BCUT2D eigenvalue weighted by atomic mass is 35.5. The smallest absolute Gasteiger partial charge is 0.0958 e. The largest absolute Gasteiger partial charge is 0.372 e. The first kappa shape index (κ1) is 13.3. The third-order valence-corrected chi connectivity index (χ3v) is 4.38. The van der Waals surface area contributed by atoms with E-state index in [0.29, 0.717) is 11.8 Å². The molecule has 1 saturated heterocycles. The summed E-state index contributed by atoms with van der Waals surface area (Å²) in [6.07, 6.45) is 1.39. The van der Waals surface area contributed by atoms with E-state index in [4.69, 9.17) is 16.3 Å². The maximum Gasteiger partial charge on any atom is 0.0958 e. The fraction of sp³-hybridized carbons (Fsp3) is 0.692. The average molecular weight is 274 g/mol. The molecule has 0 aliphatic carbocycles. The van der Waals surface area contributed by atoms with Gasteiger partial charge in [-0.2, -0.15) is 0 Å². The Hall–Kier alpha value is -0.0900. The van der Waals surface area contributed by atoms with Crippen LogP contribution in [0.5, 0.6) is 0 Å². The normalized spacial score (nSPS) is 24.7. The van der Waals surface area contributed by atoms with Crippen LogP contribution in [0.15, 0.2) is 11.4 Å². The molecule has 0 saturated carbocycles. The summed E-state index contributed by atoms with van der Waals surface area (Å²) in [5.74, 6) is 1.29. The van der Waals surface area contributed by atoms with Gasteiger partial charge in [-0.25, -0.2) is 0 Å². The lowest BCUT2D eigenvalue weighted by Gasteiger charge is -2.18. The highest BCUT2D eigenvalue weighted by molar-refractivity contribution is 7.10. The number of halogens is 1. The third kappa shape index (κ3) is 3.68. The SMILES string of the molecule is CC(C)CNCC1CCOC1c1cc(Cl)cs1. The van der Waals surface area contributed by atoms with E-state index in [2.05, 4.69) is 19.2 Å². The summed E-state index contributed by atoms with van der Waals surface area (Å²) in [7, 11) is 0. The number of thiophene rings is 1. The van der Waals surface area contributed by atoms with Crippen molar-refractivity contribution in [3.8, 4) is 0 Å². The maximum atomic E-state index is 5.97. The van der Waals surface area contributed by atoms with Gasteiger partial charge in [-0.15, -0.1) is 11.3 Å². The number of hydrogen-bond acceptors (Lipinski definition) is 3. The predicted molar refractivity (Wildman–Crippen MR) is 73.8 cm³/mol. The van der Waals surface area contributed by atoms with E-state index in [1.807, 2.05) is 11.4 Å². The molecule has 2 unspecified atom stereocenters. The molecular formula is C13H20ClNOS. The van der Waals surface area contributed by atoms with Gasteiger partial charge in [-0.05, 0) is 24.9 Å². The molecule has 1 aromatic heterocycles. The standard InChI is InChI=1S/C13H20ClNOS/c1-9(2)6-15-7-10-3-4-16-13(10)12-5-11(14)8-17-12/h5,8-10,13,15H,3-4,6-7H2,1-2H3. The minimum absolute atomic E-state index is 0.243. The van der Waals surface area contributed by atoms with E-state index >= 15 is 0 Å². The average Bonchev–Trinajstić information content (AvgIpc) is 2.86. The quantitative estimate of drug-likeness (QED) is 0.883. The van der Waals surface area contributed by atoms with Gasteiger partial charge in [0.15, 0.2) is 0 Å². The van der Waals surface area contributed by atoms with E-state index in [0.717, 1.165) is 31.1 Å². The van der Waals surface area contributed by atoms with Crippen LogP contribution < -0.4 is 5.32 Å². The molecule has 4 heteroatoms. The van der Waals surface area contributed by atoms with Gasteiger partial charge in [0.2, 0.25) is 0 Å². The lowest BCUT2D eigenvalue weighted by atomic mass is 10.00. The Bertz CT molecular complexity index is 353. The lowest BCUT2D eigenvalue weighted by molar-refractivity contribution is 0.0932. The molecule has 0 radical (unpaired) electrons. The van der Waals surface area contributed by atoms with Crippen LogP contribution in [-0.4, -0.2) is 19.7 Å². The molecule has 1 aliphatic heterocycles. The summed E-state index contributed by atoms with van der Waals surface area (Å²) >= 11 is 7.68. The third-order valence-electron chi connectivity index (χ3n) is 3.04. The second-order valence-corrected chi connectivity index (χ2v) is 6.44. The first-order valence-corrected chi connectivity index (χ1v) is 7.49. The van der Waals surface area contributed by atoms with E-state index in [1.165, 1.54) is 4.88 Å². The fourth-order valence-electron chi connectivity index (χ4n) is 2.19. The van der Waals surface area contributed by atoms with Crippen LogP contribution >= 0.6 is 22.9 Å². The van der Waals surface area contributed by atoms with Crippen molar-refractivity contribution >= 4 is 22.9 Å². The molecule has 2 nitrogen and oxygen atoms in total. The number of nitrogens with one attached hydrogen (secondary N) is 1. The van der Waals surface area contributed by atoms with Gasteiger partial charge in [0.1, 0.15) is 0 Å². The number of rotatable bonds is 5. The van der Waals surface area contributed by atoms with Crippen LogP contribution in [-0.2, 0) is 4.74 Å². The Balaban J connectivity index is 1.89. The van der Waals surface area contributed by atoms with Crippen molar-refractivity contribution in [1.82, 2.24) is 5.32 Å². The first-order valence-electron chi connectivity index (χ1n) is 6.23. The molecule has 0 bridgehead atoms. The van der Waals surface area contributed by atoms with E-state index in [-0.39, 0.29) is 6.10 Å². The van der Waals surface area contributed by atoms with Crippen molar-refractivity contribution in [3.05, 3.63) is 21.3 Å². The van der Waals surface area contributed by atoms with Crippen LogP contribution in [0.4, 0.5) is 0 Å². The Morgan fingerprint density at radius 2 is 2.41 bits per heavy atom. The topological polar surface area (TPSA) is 21.3 Å². The molecule has 1 fully saturated rings. The molecular weight excluding hydrogens is 254 g/mol. The summed E-state index contributed by atoms with van der Waals surface area (Å²) in [5.41, 5.74) is 0. The zero-order valence-corrected chi connectivity index (χ0v) is 12.0. The van der Waals surface area contributed by atoms with Gasteiger partial charge >= 0.3 is 0 Å². The van der Waals surface area contributed by atoms with Crippen LogP contribution in [0, 0.1) is 11.8 Å². The van der Waals surface area contributed by atoms with Crippen molar-refractivity contribution in [2.45, 2.75) is 26.4 Å². The van der Waals surface area contributed by atoms with Gasteiger partial charge in [-0.3, -0.25) is 0 Å². The fourth-order valence-corrected chi connectivity index (χ4v) is 3.41. The van der Waals surface area contributed by atoms with Crippen molar-refractivity contribution in [2.24, 2.45) is 11.8 Å². The second-order valence-electron chi connectivity index (χ2n) is 5.06. The minimum atomic E-state index is 0.243. The van der Waals surface area contributed by atoms with Gasteiger partial charge in [-0.1, -0.05) is 25.4 Å².